The zero-order valence-electron chi connectivity index (χ0n) is 12.4. The number of nitriles is 1. The summed E-state index contributed by atoms with van der Waals surface area (Å²) >= 11 is 12.4. The Bertz CT molecular complexity index is 725. The Morgan fingerprint density at radius 1 is 1.35 bits per heavy atom. The number of pyridine rings is 1. The van der Waals surface area contributed by atoms with E-state index in [0.717, 1.165) is 24.2 Å². The molecule has 0 saturated carbocycles. The predicted octanol–water partition coefficient (Wildman–Crippen LogP) is 3.83. The summed E-state index contributed by atoms with van der Waals surface area (Å²) in [5, 5.41) is 10.1. The van der Waals surface area contributed by atoms with Gasteiger partial charge in [0.15, 0.2) is 0 Å². The highest BCUT2D eigenvalue weighted by Crippen LogP contribution is 2.27. The molecule has 1 aliphatic rings. The monoisotopic (exact) mass is 347 g/mol. The fourth-order valence-electron chi connectivity index (χ4n) is 2.67. The Hall–Kier alpha value is -1.64. The van der Waals surface area contributed by atoms with Crippen LogP contribution in [0.1, 0.15) is 22.8 Å². The summed E-state index contributed by atoms with van der Waals surface area (Å²) in [5.74, 6) is 0. The first kappa shape index (κ1) is 16.2. The van der Waals surface area contributed by atoms with Crippen molar-refractivity contribution in [2.24, 2.45) is 0 Å². The first-order valence-electron chi connectivity index (χ1n) is 7.30. The Labute approximate surface area is 145 Å². The lowest BCUT2D eigenvalue weighted by Gasteiger charge is -2.33. The van der Waals surface area contributed by atoms with E-state index in [1.807, 2.05) is 18.2 Å². The van der Waals surface area contributed by atoms with Crippen molar-refractivity contribution >= 4 is 23.2 Å². The molecule has 23 heavy (non-hydrogen) atoms. The first-order valence-corrected chi connectivity index (χ1v) is 8.06. The van der Waals surface area contributed by atoms with Crippen molar-refractivity contribution in [3.8, 4) is 6.07 Å². The quantitative estimate of drug-likeness (QED) is 0.791. The van der Waals surface area contributed by atoms with E-state index in [1.165, 1.54) is 0 Å². The Kier molecular flexibility index (Phi) is 5.14. The molecule has 0 N–H and O–H groups in total. The molecule has 1 atom stereocenters. The number of hydrogen-bond donors (Lipinski definition) is 0. The summed E-state index contributed by atoms with van der Waals surface area (Å²) in [6.07, 6.45) is 1.54. The van der Waals surface area contributed by atoms with Crippen LogP contribution >= 0.6 is 23.2 Å². The second kappa shape index (κ2) is 7.29. The maximum absolute atomic E-state index is 9.03. The molecule has 1 fully saturated rings. The van der Waals surface area contributed by atoms with Crippen LogP contribution < -0.4 is 0 Å². The number of hydrogen-bond acceptors (Lipinski definition) is 4. The zero-order chi connectivity index (χ0) is 16.2. The second-order valence-corrected chi connectivity index (χ2v) is 6.16. The third-order valence-electron chi connectivity index (χ3n) is 3.87. The number of aromatic nitrogens is 1. The molecule has 1 aromatic carbocycles. The van der Waals surface area contributed by atoms with Crippen LogP contribution in [0.5, 0.6) is 0 Å². The number of morpholine rings is 1. The Morgan fingerprint density at radius 3 is 3.00 bits per heavy atom. The van der Waals surface area contributed by atoms with E-state index in [4.69, 9.17) is 33.2 Å². The van der Waals surface area contributed by atoms with Crippen LogP contribution in [0.25, 0.3) is 0 Å². The van der Waals surface area contributed by atoms with E-state index in [2.05, 4.69) is 16.0 Å². The van der Waals surface area contributed by atoms with Crippen molar-refractivity contribution in [1.82, 2.24) is 9.88 Å². The third-order valence-corrected chi connectivity index (χ3v) is 4.55. The lowest BCUT2D eigenvalue weighted by molar-refractivity contribution is -0.0329. The summed E-state index contributed by atoms with van der Waals surface area (Å²) in [6.45, 7) is 2.77. The highest BCUT2D eigenvalue weighted by Gasteiger charge is 2.23. The van der Waals surface area contributed by atoms with Gasteiger partial charge in [0.05, 0.1) is 24.3 Å². The van der Waals surface area contributed by atoms with Crippen molar-refractivity contribution in [3.63, 3.8) is 0 Å². The summed E-state index contributed by atoms with van der Waals surface area (Å²) in [6, 6.07) is 11.4. The zero-order valence-corrected chi connectivity index (χ0v) is 13.9. The van der Waals surface area contributed by atoms with Crippen molar-refractivity contribution in [3.05, 3.63) is 63.4 Å². The fraction of sp³-hybridized carbons (Fsp3) is 0.294. The molecule has 118 valence electrons. The van der Waals surface area contributed by atoms with Gasteiger partial charge in [-0.3, -0.25) is 4.90 Å². The molecule has 1 aliphatic heterocycles. The standard InChI is InChI=1S/C17H15Cl2N3O/c18-15-4-5-21-17(19)14(15)10-22-6-7-23-16(11-22)13-3-1-2-12(8-13)9-20/h1-5,8,16H,6-7,10-11H2. The van der Waals surface area contributed by atoms with E-state index in [-0.39, 0.29) is 6.10 Å². The van der Waals surface area contributed by atoms with E-state index in [0.29, 0.717) is 28.9 Å². The topological polar surface area (TPSA) is 49.2 Å². The van der Waals surface area contributed by atoms with Gasteiger partial charge in [0.2, 0.25) is 0 Å². The van der Waals surface area contributed by atoms with Crippen molar-refractivity contribution in [2.75, 3.05) is 19.7 Å². The summed E-state index contributed by atoms with van der Waals surface area (Å²) < 4.78 is 5.86. The molecule has 6 heteroatoms. The van der Waals surface area contributed by atoms with Crippen molar-refractivity contribution < 1.29 is 4.74 Å². The Morgan fingerprint density at radius 2 is 2.22 bits per heavy atom. The van der Waals surface area contributed by atoms with E-state index >= 15 is 0 Å². The number of halogens is 2. The molecule has 2 heterocycles. The molecule has 0 radical (unpaired) electrons. The van der Waals surface area contributed by atoms with E-state index in [9.17, 15) is 0 Å². The van der Waals surface area contributed by atoms with Gasteiger partial charge in [-0.25, -0.2) is 4.98 Å². The van der Waals surface area contributed by atoms with Gasteiger partial charge in [-0.1, -0.05) is 35.3 Å². The minimum absolute atomic E-state index is 0.0636. The van der Waals surface area contributed by atoms with Gasteiger partial charge in [-0.15, -0.1) is 0 Å². The summed E-state index contributed by atoms with van der Waals surface area (Å²) in [7, 11) is 0. The lowest BCUT2D eigenvalue weighted by Crippen LogP contribution is -2.38. The maximum atomic E-state index is 9.03. The van der Waals surface area contributed by atoms with Crippen molar-refractivity contribution in [1.29, 1.82) is 5.26 Å². The highest BCUT2D eigenvalue weighted by molar-refractivity contribution is 6.35. The number of ether oxygens (including phenoxy) is 1. The van der Waals surface area contributed by atoms with Crippen LogP contribution in [0, 0.1) is 11.3 Å². The second-order valence-electron chi connectivity index (χ2n) is 5.39. The van der Waals surface area contributed by atoms with Crippen LogP contribution in [0.4, 0.5) is 0 Å². The van der Waals surface area contributed by atoms with Gasteiger partial charge in [-0.05, 0) is 23.8 Å². The smallest absolute Gasteiger partial charge is 0.134 e. The van der Waals surface area contributed by atoms with Crippen LogP contribution in [0.15, 0.2) is 36.5 Å². The minimum Gasteiger partial charge on any atom is -0.371 e. The average molecular weight is 348 g/mol. The number of nitrogens with zero attached hydrogens (tertiary/aromatic N) is 3. The molecule has 1 unspecified atom stereocenters. The lowest BCUT2D eigenvalue weighted by atomic mass is 10.0. The maximum Gasteiger partial charge on any atom is 0.134 e. The third kappa shape index (κ3) is 3.82. The SMILES string of the molecule is N#Cc1cccc(C2CN(Cc3c(Cl)ccnc3Cl)CCO2)c1. The van der Waals surface area contributed by atoms with Crippen LogP contribution in [0.3, 0.4) is 0 Å². The number of benzene rings is 1. The summed E-state index contributed by atoms with van der Waals surface area (Å²) in [4.78, 5) is 6.33. The van der Waals surface area contributed by atoms with Crippen LogP contribution in [-0.4, -0.2) is 29.6 Å². The fourth-order valence-corrected chi connectivity index (χ4v) is 3.14. The van der Waals surface area contributed by atoms with E-state index in [1.54, 1.807) is 18.3 Å². The molecular formula is C17H15Cl2N3O. The molecular weight excluding hydrogens is 333 g/mol. The average Bonchev–Trinajstić information content (AvgIpc) is 2.59. The molecule has 4 nitrogen and oxygen atoms in total. The minimum atomic E-state index is -0.0636. The van der Waals surface area contributed by atoms with Crippen molar-refractivity contribution in [2.45, 2.75) is 12.6 Å². The van der Waals surface area contributed by atoms with Gasteiger partial charge in [0, 0.05) is 36.4 Å². The molecule has 0 amide bonds. The van der Waals surface area contributed by atoms with Gasteiger partial charge in [0.1, 0.15) is 5.15 Å². The molecule has 0 spiro atoms. The van der Waals surface area contributed by atoms with Gasteiger partial charge in [-0.2, -0.15) is 5.26 Å². The van der Waals surface area contributed by atoms with Gasteiger partial charge in [0.25, 0.3) is 0 Å². The van der Waals surface area contributed by atoms with E-state index < -0.39 is 0 Å². The van der Waals surface area contributed by atoms with Crippen LogP contribution in [-0.2, 0) is 11.3 Å². The molecule has 2 aromatic rings. The number of rotatable bonds is 3. The highest BCUT2D eigenvalue weighted by atomic mass is 35.5. The predicted molar refractivity (Wildman–Crippen MR) is 89.4 cm³/mol. The Balaban J connectivity index is 1.75. The molecule has 0 aliphatic carbocycles. The molecule has 1 aromatic heterocycles. The van der Waals surface area contributed by atoms with Gasteiger partial charge >= 0.3 is 0 Å². The first-order chi connectivity index (χ1) is 11.2. The molecule has 0 bridgehead atoms. The van der Waals surface area contributed by atoms with Gasteiger partial charge < -0.3 is 4.74 Å². The molecule has 3 rings (SSSR count). The summed E-state index contributed by atoms with van der Waals surface area (Å²) in [5.41, 5.74) is 2.49. The largest absolute Gasteiger partial charge is 0.371 e. The molecule has 1 saturated heterocycles. The normalized spacial score (nSPS) is 18.6. The van der Waals surface area contributed by atoms with Crippen LogP contribution in [0.2, 0.25) is 10.2 Å².